The van der Waals surface area contributed by atoms with Gasteiger partial charge in [0.15, 0.2) is 0 Å². The number of benzene rings is 1. The maximum absolute atomic E-state index is 11.1. The van der Waals surface area contributed by atoms with Crippen LogP contribution in [0.2, 0.25) is 0 Å². The molecule has 0 heterocycles. The molecule has 2 rings (SSSR count). The highest BCUT2D eigenvalue weighted by atomic mass is 79.9. The topological polar surface area (TPSA) is 37.3 Å². The van der Waals surface area contributed by atoms with E-state index >= 15 is 0 Å². The molecule has 3 heteroatoms. The third-order valence-corrected chi connectivity index (χ3v) is 4.83. The van der Waals surface area contributed by atoms with Gasteiger partial charge in [0.25, 0.3) is 0 Å². The summed E-state index contributed by atoms with van der Waals surface area (Å²) in [5.41, 5.74) is 1.34. The van der Waals surface area contributed by atoms with Gasteiger partial charge in [-0.15, -0.1) is 0 Å². The molecular formula is C16H21BrO2. The van der Waals surface area contributed by atoms with Crippen LogP contribution in [-0.2, 0) is 11.2 Å². The molecule has 0 aromatic heterocycles. The highest BCUT2D eigenvalue weighted by Crippen LogP contribution is 2.43. The van der Waals surface area contributed by atoms with Crippen LogP contribution in [0.25, 0.3) is 0 Å². The number of hydrogen-bond donors (Lipinski definition) is 1. The quantitative estimate of drug-likeness (QED) is 0.844. The number of hydrogen-bond acceptors (Lipinski definition) is 1. The second-order valence-electron chi connectivity index (χ2n) is 5.76. The van der Waals surface area contributed by atoms with Crippen molar-refractivity contribution in [2.45, 2.75) is 51.4 Å². The molecule has 0 amide bonds. The lowest BCUT2D eigenvalue weighted by Gasteiger charge is -2.36. The first-order valence-corrected chi connectivity index (χ1v) is 7.85. The van der Waals surface area contributed by atoms with Gasteiger partial charge in [-0.2, -0.15) is 0 Å². The van der Waals surface area contributed by atoms with Crippen LogP contribution < -0.4 is 0 Å². The Bertz CT molecular complexity index is 419. The first-order valence-electron chi connectivity index (χ1n) is 7.06. The van der Waals surface area contributed by atoms with E-state index < -0.39 is 5.97 Å². The molecule has 2 nitrogen and oxygen atoms in total. The number of rotatable bonds is 5. The van der Waals surface area contributed by atoms with E-state index in [0.717, 1.165) is 30.2 Å². The lowest BCUT2D eigenvalue weighted by molar-refractivity contribution is -0.140. The standard InChI is InChI=1S/C16H21BrO2/c17-14-6-4-13(5-7-14)8-11-16(12-15(18)19)9-2-1-3-10-16/h4-7H,1-3,8-12H2,(H,18,19). The van der Waals surface area contributed by atoms with E-state index in [0.29, 0.717) is 6.42 Å². The highest BCUT2D eigenvalue weighted by molar-refractivity contribution is 9.10. The van der Waals surface area contributed by atoms with Gasteiger partial charge in [0.2, 0.25) is 0 Å². The molecule has 1 aliphatic rings. The molecule has 1 aromatic rings. The molecule has 1 aromatic carbocycles. The number of carbonyl (C=O) groups is 1. The Morgan fingerprint density at radius 2 is 1.79 bits per heavy atom. The van der Waals surface area contributed by atoms with Crippen molar-refractivity contribution in [3.63, 3.8) is 0 Å². The fourth-order valence-corrected chi connectivity index (χ4v) is 3.46. The number of aryl methyl sites for hydroxylation is 1. The van der Waals surface area contributed by atoms with Gasteiger partial charge in [0, 0.05) is 4.47 Å². The summed E-state index contributed by atoms with van der Waals surface area (Å²) < 4.78 is 1.09. The molecule has 1 N–H and O–H groups in total. The molecule has 1 saturated carbocycles. The third kappa shape index (κ3) is 4.34. The van der Waals surface area contributed by atoms with E-state index in [1.165, 1.54) is 24.8 Å². The molecule has 1 aliphatic carbocycles. The second kappa shape index (κ2) is 6.56. The monoisotopic (exact) mass is 324 g/mol. The van der Waals surface area contributed by atoms with Gasteiger partial charge in [0.05, 0.1) is 6.42 Å². The van der Waals surface area contributed by atoms with Gasteiger partial charge in [-0.25, -0.2) is 0 Å². The van der Waals surface area contributed by atoms with Crippen LogP contribution in [0.15, 0.2) is 28.7 Å². The molecule has 0 saturated heterocycles. The summed E-state index contributed by atoms with van der Waals surface area (Å²) >= 11 is 3.44. The smallest absolute Gasteiger partial charge is 0.303 e. The average molecular weight is 325 g/mol. The van der Waals surface area contributed by atoms with Gasteiger partial charge in [0.1, 0.15) is 0 Å². The van der Waals surface area contributed by atoms with Crippen molar-refractivity contribution in [3.05, 3.63) is 34.3 Å². The zero-order chi connectivity index (χ0) is 13.7. The highest BCUT2D eigenvalue weighted by Gasteiger charge is 2.33. The van der Waals surface area contributed by atoms with Crippen molar-refractivity contribution in [2.75, 3.05) is 0 Å². The minimum atomic E-state index is -0.641. The minimum Gasteiger partial charge on any atom is -0.481 e. The Kier molecular flexibility index (Phi) is 5.03. The van der Waals surface area contributed by atoms with Crippen LogP contribution in [0.3, 0.4) is 0 Å². The Labute approximate surface area is 123 Å². The predicted molar refractivity (Wildman–Crippen MR) is 80.2 cm³/mol. The summed E-state index contributed by atoms with van der Waals surface area (Å²) in [7, 11) is 0. The summed E-state index contributed by atoms with van der Waals surface area (Å²) in [6.07, 6.45) is 8.12. The molecule has 19 heavy (non-hydrogen) atoms. The molecule has 0 bridgehead atoms. The van der Waals surface area contributed by atoms with Gasteiger partial charge < -0.3 is 5.11 Å². The van der Waals surface area contributed by atoms with E-state index in [-0.39, 0.29) is 5.41 Å². The molecule has 0 aliphatic heterocycles. The summed E-state index contributed by atoms with van der Waals surface area (Å²) in [6.45, 7) is 0. The van der Waals surface area contributed by atoms with Gasteiger partial charge >= 0.3 is 5.97 Å². The van der Waals surface area contributed by atoms with Gasteiger partial charge in [-0.3, -0.25) is 4.79 Å². The van der Waals surface area contributed by atoms with Crippen LogP contribution in [-0.4, -0.2) is 11.1 Å². The van der Waals surface area contributed by atoms with E-state index in [2.05, 4.69) is 40.2 Å². The van der Waals surface area contributed by atoms with E-state index in [1.54, 1.807) is 0 Å². The second-order valence-corrected chi connectivity index (χ2v) is 6.67. The predicted octanol–water partition coefficient (Wildman–Crippen LogP) is 4.81. The average Bonchev–Trinajstić information content (AvgIpc) is 2.38. The Balaban J connectivity index is 1.99. The number of carboxylic acids is 1. The van der Waals surface area contributed by atoms with E-state index in [9.17, 15) is 4.79 Å². The van der Waals surface area contributed by atoms with Crippen molar-refractivity contribution in [1.29, 1.82) is 0 Å². The van der Waals surface area contributed by atoms with Crippen molar-refractivity contribution in [3.8, 4) is 0 Å². The molecule has 0 spiro atoms. The first-order chi connectivity index (χ1) is 9.10. The molecular weight excluding hydrogens is 304 g/mol. The number of aliphatic carboxylic acids is 1. The van der Waals surface area contributed by atoms with Crippen molar-refractivity contribution >= 4 is 21.9 Å². The molecule has 1 fully saturated rings. The summed E-state index contributed by atoms with van der Waals surface area (Å²) in [6, 6.07) is 8.36. The Hall–Kier alpha value is -0.830. The normalized spacial score (nSPS) is 18.2. The van der Waals surface area contributed by atoms with Gasteiger partial charge in [-0.1, -0.05) is 47.3 Å². The zero-order valence-electron chi connectivity index (χ0n) is 11.2. The lowest BCUT2D eigenvalue weighted by atomic mass is 9.68. The van der Waals surface area contributed by atoms with E-state index in [1.807, 2.05) is 0 Å². The summed E-state index contributed by atoms with van der Waals surface area (Å²) in [5.74, 6) is -0.641. The van der Waals surface area contributed by atoms with Crippen LogP contribution in [0, 0.1) is 5.41 Å². The van der Waals surface area contributed by atoms with E-state index in [4.69, 9.17) is 5.11 Å². The minimum absolute atomic E-state index is 0.0388. The Morgan fingerprint density at radius 3 is 2.37 bits per heavy atom. The molecule has 0 atom stereocenters. The lowest BCUT2D eigenvalue weighted by Crippen LogP contribution is -2.28. The van der Waals surface area contributed by atoms with Crippen molar-refractivity contribution in [2.24, 2.45) is 5.41 Å². The van der Waals surface area contributed by atoms with Crippen molar-refractivity contribution < 1.29 is 9.90 Å². The first kappa shape index (κ1) is 14.6. The fourth-order valence-electron chi connectivity index (χ4n) is 3.20. The summed E-state index contributed by atoms with van der Waals surface area (Å²) in [5, 5.41) is 9.16. The van der Waals surface area contributed by atoms with Crippen LogP contribution in [0.4, 0.5) is 0 Å². The molecule has 0 radical (unpaired) electrons. The van der Waals surface area contributed by atoms with Crippen LogP contribution in [0.5, 0.6) is 0 Å². The maximum atomic E-state index is 11.1. The maximum Gasteiger partial charge on any atom is 0.303 e. The largest absolute Gasteiger partial charge is 0.481 e. The number of halogens is 1. The van der Waals surface area contributed by atoms with Crippen molar-refractivity contribution in [1.82, 2.24) is 0 Å². The molecule has 104 valence electrons. The van der Waals surface area contributed by atoms with Crippen LogP contribution >= 0.6 is 15.9 Å². The molecule has 0 unspecified atom stereocenters. The SMILES string of the molecule is O=C(O)CC1(CCc2ccc(Br)cc2)CCCCC1. The number of carboxylic acid groups (broad SMARTS) is 1. The summed E-state index contributed by atoms with van der Waals surface area (Å²) in [4.78, 5) is 11.1. The zero-order valence-corrected chi connectivity index (χ0v) is 12.8. The fraction of sp³-hybridized carbons (Fsp3) is 0.562. The Morgan fingerprint density at radius 1 is 1.16 bits per heavy atom. The van der Waals surface area contributed by atoms with Crippen LogP contribution in [0.1, 0.15) is 50.5 Å². The third-order valence-electron chi connectivity index (χ3n) is 4.30. The van der Waals surface area contributed by atoms with Gasteiger partial charge in [-0.05, 0) is 48.8 Å².